The van der Waals surface area contributed by atoms with Crippen molar-refractivity contribution in [2.75, 3.05) is 20.2 Å². The first-order chi connectivity index (χ1) is 17.1. The van der Waals surface area contributed by atoms with E-state index in [9.17, 15) is 9.59 Å². The van der Waals surface area contributed by atoms with Gasteiger partial charge >= 0.3 is 0 Å². The van der Waals surface area contributed by atoms with E-state index in [1.54, 1.807) is 12.0 Å². The van der Waals surface area contributed by atoms with Gasteiger partial charge < -0.3 is 19.5 Å². The van der Waals surface area contributed by atoms with Gasteiger partial charge in [0, 0.05) is 29.6 Å². The third-order valence-corrected chi connectivity index (χ3v) is 7.84. The van der Waals surface area contributed by atoms with Crippen molar-refractivity contribution in [2.45, 2.75) is 50.6 Å². The van der Waals surface area contributed by atoms with Gasteiger partial charge in [-0.3, -0.25) is 9.59 Å². The van der Waals surface area contributed by atoms with Gasteiger partial charge in [0.15, 0.2) is 0 Å². The van der Waals surface area contributed by atoms with E-state index >= 15 is 0 Å². The molecule has 1 aromatic heterocycles. The van der Waals surface area contributed by atoms with Crippen LogP contribution in [0, 0.1) is 0 Å². The molecule has 0 bridgehead atoms. The molecule has 1 aliphatic carbocycles. The largest absolute Gasteiger partial charge is 0.497 e. The van der Waals surface area contributed by atoms with Crippen LogP contribution in [0.25, 0.3) is 10.9 Å². The number of carbonyl (C=O) groups is 2. The van der Waals surface area contributed by atoms with Crippen molar-refractivity contribution < 1.29 is 14.3 Å². The number of rotatable bonds is 5. The van der Waals surface area contributed by atoms with Gasteiger partial charge in [0.05, 0.1) is 19.7 Å². The van der Waals surface area contributed by atoms with Crippen LogP contribution in [-0.2, 0) is 16.0 Å². The zero-order valence-corrected chi connectivity index (χ0v) is 20.1. The minimum absolute atomic E-state index is 0.00403. The number of hydrogen-bond donors (Lipinski definition) is 1. The van der Waals surface area contributed by atoms with Crippen LogP contribution in [-0.4, -0.2) is 52.8 Å². The number of H-pyrrole nitrogens is 1. The van der Waals surface area contributed by atoms with E-state index in [0.29, 0.717) is 13.0 Å². The highest BCUT2D eigenvalue weighted by molar-refractivity contribution is 5.97. The Bertz CT molecular complexity index is 1320. The summed E-state index contributed by atoms with van der Waals surface area (Å²) in [6.45, 7) is 0.754. The highest BCUT2D eigenvalue weighted by Crippen LogP contribution is 2.43. The molecular formula is C29H31N3O3. The second-order valence-electron chi connectivity index (χ2n) is 9.88. The number of benzene rings is 2. The van der Waals surface area contributed by atoms with Crippen LogP contribution in [0.2, 0.25) is 0 Å². The average Bonchev–Trinajstić information content (AvgIpc) is 3.27. The van der Waals surface area contributed by atoms with E-state index in [1.165, 1.54) is 18.4 Å². The number of piperazine rings is 1. The number of fused-ring (bicyclic) bond motifs is 4. The molecule has 6 rings (SSSR count). The van der Waals surface area contributed by atoms with Gasteiger partial charge in [-0.05, 0) is 61.4 Å². The third-order valence-electron chi connectivity index (χ3n) is 7.84. The minimum Gasteiger partial charge on any atom is -0.497 e. The first kappa shape index (κ1) is 22.0. The number of aromatic nitrogens is 1. The number of ether oxygens (including phenoxy) is 1. The summed E-state index contributed by atoms with van der Waals surface area (Å²) < 4.78 is 5.49. The highest BCUT2D eigenvalue weighted by Gasteiger charge is 2.48. The molecule has 3 aliphatic rings. The Balaban J connectivity index is 1.39. The molecule has 0 radical (unpaired) electrons. The van der Waals surface area contributed by atoms with Crippen molar-refractivity contribution in [3.63, 3.8) is 0 Å². The van der Waals surface area contributed by atoms with E-state index in [2.05, 4.69) is 23.2 Å². The van der Waals surface area contributed by atoms with Gasteiger partial charge in [0.2, 0.25) is 11.8 Å². The number of nitrogens with one attached hydrogen (secondary N) is 1. The fourth-order valence-corrected chi connectivity index (χ4v) is 6.08. The van der Waals surface area contributed by atoms with E-state index in [-0.39, 0.29) is 24.4 Å². The molecule has 1 fully saturated rings. The van der Waals surface area contributed by atoms with Crippen LogP contribution in [0.15, 0.2) is 60.2 Å². The molecule has 2 amide bonds. The van der Waals surface area contributed by atoms with E-state index in [1.807, 2.05) is 41.3 Å². The third kappa shape index (κ3) is 3.81. The quantitative estimate of drug-likeness (QED) is 0.549. The lowest BCUT2D eigenvalue weighted by atomic mass is 9.86. The molecule has 180 valence electrons. The van der Waals surface area contributed by atoms with Crippen LogP contribution in [0.5, 0.6) is 5.75 Å². The summed E-state index contributed by atoms with van der Waals surface area (Å²) in [5, 5.41) is 1.12. The second-order valence-corrected chi connectivity index (χ2v) is 9.88. The lowest BCUT2D eigenvalue weighted by Crippen LogP contribution is -2.63. The Morgan fingerprint density at radius 3 is 2.80 bits per heavy atom. The van der Waals surface area contributed by atoms with Crippen LogP contribution < -0.4 is 4.74 Å². The number of para-hydroxylation sites is 1. The Morgan fingerprint density at radius 2 is 1.97 bits per heavy atom. The molecule has 2 aliphatic heterocycles. The number of carbonyl (C=O) groups excluding carboxylic acids is 2. The summed E-state index contributed by atoms with van der Waals surface area (Å²) in [4.78, 5) is 34.7. The predicted molar refractivity (Wildman–Crippen MR) is 135 cm³/mol. The first-order valence-electron chi connectivity index (χ1n) is 12.7. The summed E-state index contributed by atoms with van der Waals surface area (Å²) in [6, 6.07) is 15.2. The van der Waals surface area contributed by atoms with Crippen molar-refractivity contribution in [1.29, 1.82) is 0 Å². The van der Waals surface area contributed by atoms with Gasteiger partial charge in [0.25, 0.3) is 0 Å². The number of amides is 2. The van der Waals surface area contributed by atoms with E-state index < -0.39 is 6.04 Å². The summed E-state index contributed by atoms with van der Waals surface area (Å²) in [5.74, 6) is 0.801. The molecule has 35 heavy (non-hydrogen) atoms. The second kappa shape index (κ2) is 8.91. The molecule has 0 saturated carbocycles. The molecule has 3 aromatic rings. The fraction of sp³-hybridized carbons (Fsp3) is 0.379. The standard InChI is InChI=1S/C29H31N3O3/c1-35-21-11-7-10-20(16-21)28-27-23(22-12-5-6-13-24(22)30-27)17-25-29(34)31(18-26(33)32(25)28)15-14-19-8-3-2-4-9-19/h5-8,10-13,16,25,28,30H,2-4,9,14-15,17-18H2,1H3/t25-,28+/m0/s1. The summed E-state index contributed by atoms with van der Waals surface area (Å²) in [5.41, 5.74) is 5.54. The molecule has 1 N–H and O–H groups in total. The lowest BCUT2D eigenvalue weighted by Gasteiger charge is -2.47. The maximum absolute atomic E-state index is 13.8. The Hall–Kier alpha value is -3.54. The topological polar surface area (TPSA) is 65.6 Å². The summed E-state index contributed by atoms with van der Waals surface area (Å²) in [7, 11) is 1.65. The van der Waals surface area contributed by atoms with Crippen LogP contribution in [0.1, 0.15) is 55.0 Å². The maximum atomic E-state index is 13.8. The van der Waals surface area contributed by atoms with Crippen molar-refractivity contribution >= 4 is 22.7 Å². The van der Waals surface area contributed by atoms with Crippen LogP contribution in [0.4, 0.5) is 0 Å². The molecule has 6 heteroatoms. The predicted octanol–water partition coefficient (Wildman–Crippen LogP) is 4.75. The SMILES string of the molecule is COc1cccc([C@@H]2c3[nH]c4ccccc4c3C[C@H]3C(=O)N(CCC4=CCCCC4)CC(=O)N23)c1. The summed E-state index contributed by atoms with van der Waals surface area (Å²) in [6.07, 6.45) is 8.43. The Labute approximate surface area is 205 Å². The average molecular weight is 470 g/mol. The fourth-order valence-electron chi connectivity index (χ4n) is 6.08. The molecular weight excluding hydrogens is 438 g/mol. The maximum Gasteiger partial charge on any atom is 0.246 e. The van der Waals surface area contributed by atoms with E-state index in [0.717, 1.165) is 52.7 Å². The molecule has 3 heterocycles. The number of nitrogens with zero attached hydrogens (tertiary/aromatic N) is 2. The van der Waals surface area contributed by atoms with Crippen molar-refractivity contribution in [1.82, 2.24) is 14.8 Å². The molecule has 1 saturated heterocycles. The van der Waals surface area contributed by atoms with Crippen LogP contribution >= 0.6 is 0 Å². The Morgan fingerprint density at radius 1 is 1.09 bits per heavy atom. The smallest absolute Gasteiger partial charge is 0.246 e. The van der Waals surface area contributed by atoms with Gasteiger partial charge in [-0.1, -0.05) is 42.0 Å². The summed E-state index contributed by atoms with van der Waals surface area (Å²) >= 11 is 0. The zero-order chi connectivity index (χ0) is 23.9. The highest BCUT2D eigenvalue weighted by atomic mass is 16.5. The molecule has 2 atom stereocenters. The van der Waals surface area contributed by atoms with Gasteiger partial charge in [-0.25, -0.2) is 0 Å². The number of allylic oxidation sites excluding steroid dienone is 1. The molecule has 0 unspecified atom stereocenters. The van der Waals surface area contributed by atoms with Crippen molar-refractivity contribution in [3.05, 3.63) is 77.0 Å². The van der Waals surface area contributed by atoms with E-state index in [4.69, 9.17) is 4.74 Å². The molecule has 2 aromatic carbocycles. The zero-order valence-electron chi connectivity index (χ0n) is 20.1. The van der Waals surface area contributed by atoms with Crippen LogP contribution in [0.3, 0.4) is 0 Å². The number of methoxy groups -OCH3 is 1. The minimum atomic E-state index is -0.500. The monoisotopic (exact) mass is 469 g/mol. The van der Waals surface area contributed by atoms with Crippen molar-refractivity contribution in [3.8, 4) is 5.75 Å². The first-order valence-corrected chi connectivity index (χ1v) is 12.7. The number of hydrogen-bond acceptors (Lipinski definition) is 3. The Kier molecular flexibility index (Phi) is 5.59. The van der Waals surface area contributed by atoms with Gasteiger partial charge in [-0.2, -0.15) is 0 Å². The van der Waals surface area contributed by atoms with Gasteiger partial charge in [-0.15, -0.1) is 0 Å². The van der Waals surface area contributed by atoms with Gasteiger partial charge in [0.1, 0.15) is 11.8 Å². The normalized spacial score (nSPS) is 22.1. The lowest BCUT2D eigenvalue weighted by molar-refractivity contribution is -0.158. The number of aromatic amines is 1. The molecule has 0 spiro atoms. The van der Waals surface area contributed by atoms with Crippen molar-refractivity contribution in [2.24, 2.45) is 0 Å². The molecule has 6 nitrogen and oxygen atoms in total.